The van der Waals surface area contributed by atoms with Gasteiger partial charge in [0.2, 0.25) is 0 Å². The molecule has 1 saturated heterocycles. The van der Waals surface area contributed by atoms with Crippen LogP contribution in [0.1, 0.15) is 30.6 Å². The Kier molecular flexibility index (Phi) is 6.33. The van der Waals surface area contributed by atoms with Crippen LogP contribution in [0.2, 0.25) is 0 Å². The molecule has 0 aliphatic carbocycles. The van der Waals surface area contributed by atoms with Crippen LogP contribution in [0.25, 0.3) is 0 Å². The van der Waals surface area contributed by atoms with Crippen molar-refractivity contribution >= 4 is 5.78 Å². The molecule has 1 aliphatic rings. The van der Waals surface area contributed by atoms with Gasteiger partial charge < -0.3 is 39.4 Å². The summed E-state index contributed by atoms with van der Waals surface area (Å²) >= 11 is 0. The molecule has 0 amide bonds. The van der Waals surface area contributed by atoms with E-state index in [4.69, 9.17) is 13.9 Å². The van der Waals surface area contributed by atoms with E-state index in [1.807, 2.05) is 0 Å². The van der Waals surface area contributed by atoms with Crippen molar-refractivity contribution in [1.29, 1.82) is 0 Å². The van der Waals surface area contributed by atoms with Gasteiger partial charge in [0.05, 0.1) is 30.1 Å². The number of aliphatic hydroxyl groups excluding tert-OH is 5. The first kappa shape index (κ1) is 20.0. The maximum absolute atomic E-state index is 12.1. The average Bonchev–Trinajstić information content (AvgIpc) is 3.09. The summed E-state index contributed by atoms with van der Waals surface area (Å²) in [5.41, 5.74) is -1.02. The molecule has 1 aromatic rings. The molecule has 6 atom stereocenters. The number of carbonyl (C=O) groups is 1. The Morgan fingerprint density at radius 1 is 1.28 bits per heavy atom. The van der Waals surface area contributed by atoms with Gasteiger partial charge in [-0.2, -0.15) is 0 Å². The lowest BCUT2D eigenvalue weighted by atomic mass is 9.94. The molecule has 0 unspecified atom stereocenters. The SMILES string of the molecule is CC(C)(O[C@@H]1O[C@H](CO)[C@@H](O)[C@H](O)[C@H]1O)[C@H](O)CC(=O)c1ccoc1. The van der Waals surface area contributed by atoms with Crippen molar-refractivity contribution in [3.05, 3.63) is 24.2 Å². The Balaban J connectivity index is 2.02. The van der Waals surface area contributed by atoms with Crippen molar-refractivity contribution in [2.75, 3.05) is 6.61 Å². The van der Waals surface area contributed by atoms with Gasteiger partial charge in [-0.1, -0.05) is 0 Å². The van der Waals surface area contributed by atoms with Crippen LogP contribution < -0.4 is 0 Å². The lowest BCUT2D eigenvalue weighted by Crippen LogP contribution is -2.61. The number of aliphatic hydroxyl groups is 5. The molecule has 1 aliphatic heterocycles. The first-order chi connectivity index (χ1) is 11.7. The van der Waals surface area contributed by atoms with Crippen molar-refractivity contribution in [3.8, 4) is 0 Å². The highest BCUT2D eigenvalue weighted by molar-refractivity contribution is 5.96. The fourth-order valence-corrected chi connectivity index (χ4v) is 2.51. The predicted octanol–water partition coefficient (Wildman–Crippen LogP) is -1.19. The van der Waals surface area contributed by atoms with E-state index in [9.17, 15) is 30.3 Å². The van der Waals surface area contributed by atoms with Crippen LogP contribution in [0.5, 0.6) is 0 Å². The molecule has 9 nitrogen and oxygen atoms in total. The molecule has 0 radical (unpaired) electrons. The van der Waals surface area contributed by atoms with Crippen molar-refractivity contribution in [2.24, 2.45) is 0 Å². The van der Waals surface area contributed by atoms with Gasteiger partial charge >= 0.3 is 0 Å². The number of furan rings is 1. The van der Waals surface area contributed by atoms with Gasteiger partial charge in [-0.25, -0.2) is 0 Å². The summed E-state index contributed by atoms with van der Waals surface area (Å²) in [4.78, 5) is 12.1. The highest BCUT2D eigenvalue weighted by Gasteiger charge is 2.47. The van der Waals surface area contributed by atoms with Gasteiger partial charge in [0.25, 0.3) is 0 Å². The maximum Gasteiger partial charge on any atom is 0.187 e. The molecule has 1 fully saturated rings. The van der Waals surface area contributed by atoms with E-state index in [0.29, 0.717) is 5.56 Å². The van der Waals surface area contributed by atoms with Gasteiger partial charge in [-0.3, -0.25) is 4.79 Å². The topological polar surface area (TPSA) is 150 Å². The quantitative estimate of drug-likeness (QED) is 0.378. The van der Waals surface area contributed by atoms with Gasteiger partial charge in [0.1, 0.15) is 30.7 Å². The molecular weight excluding hydrogens is 336 g/mol. The normalized spacial score (nSPS) is 31.7. The zero-order valence-corrected chi connectivity index (χ0v) is 14.0. The lowest BCUT2D eigenvalue weighted by molar-refractivity contribution is -0.331. The third-order valence-corrected chi connectivity index (χ3v) is 4.29. The summed E-state index contributed by atoms with van der Waals surface area (Å²) in [6.07, 6.45) is -6.10. The number of hydrogen-bond donors (Lipinski definition) is 5. The largest absolute Gasteiger partial charge is 0.472 e. The second-order valence-corrected chi connectivity index (χ2v) is 6.57. The molecular formula is C16H24O9. The average molecular weight is 360 g/mol. The summed E-state index contributed by atoms with van der Waals surface area (Å²) in [6.45, 7) is 2.39. The second-order valence-electron chi connectivity index (χ2n) is 6.57. The fraction of sp³-hybridized carbons (Fsp3) is 0.688. The molecule has 142 valence electrons. The zero-order chi connectivity index (χ0) is 18.8. The van der Waals surface area contributed by atoms with Crippen molar-refractivity contribution in [3.63, 3.8) is 0 Å². The minimum atomic E-state index is -1.59. The van der Waals surface area contributed by atoms with Gasteiger partial charge in [-0.15, -0.1) is 0 Å². The van der Waals surface area contributed by atoms with E-state index < -0.39 is 49.0 Å². The molecule has 25 heavy (non-hydrogen) atoms. The van der Waals surface area contributed by atoms with Crippen molar-refractivity contribution in [2.45, 2.75) is 62.7 Å². The molecule has 9 heteroatoms. The van der Waals surface area contributed by atoms with E-state index >= 15 is 0 Å². The Morgan fingerprint density at radius 3 is 2.52 bits per heavy atom. The lowest BCUT2D eigenvalue weighted by Gasteiger charge is -2.43. The summed E-state index contributed by atoms with van der Waals surface area (Å²) in [7, 11) is 0. The standard InChI is InChI=1S/C16H24O9/c1-16(2,11(19)5-9(18)8-3-4-23-7-8)25-15-14(22)13(21)12(20)10(6-17)24-15/h3-4,7,10-15,17,19-22H,5-6H2,1-2H3/t10-,11-,12-,13+,14-,15+/m1/s1. The van der Waals surface area contributed by atoms with Crippen LogP contribution in [0.4, 0.5) is 0 Å². The van der Waals surface area contributed by atoms with Crippen LogP contribution >= 0.6 is 0 Å². The van der Waals surface area contributed by atoms with E-state index in [0.717, 1.165) is 0 Å². The zero-order valence-electron chi connectivity index (χ0n) is 14.0. The smallest absolute Gasteiger partial charge is 0.187 e. The predicted molar refractivity (Wildman–Crippen MR) is 82.6 cm³/mol. The van der Waals surface area contributed by atoms with Crippen molar-refractivity contribution in [1.82, 2.24) is 0 Å². The summed E-state index contributed by atoms with van der Waals surface area (Å²) in [5, 5.41) is 49.0. The number of hydrogen-bond acceptors (Lipinski definition) is 9. The van der Waals surface area contributed by atoms with Crippen LogP contribution in [-0.2, 0) is 9.47 Å². The summed E-state index contributed by atoms with van der Waals surface area (Å²) < 4.78 is 15.6. The van der Waals surface area contributed by atoms with E-state index in [2.05, 4.69) is 0 Å². The monoisotopic (exact) mass is 360 g/mol. The number of Topliss-reactive ketones (excluding diaryl/α,β-unsaturated/α-hetero) is 1. The first-order valence-electron chi connectivity index (χ1n) is 7.89. The first-order valence-corrected chi connectivity index (χ1v) is 7.89. The maximum atomic E-state index is 12.1. The van der Waals surface area contributed by atoms with Gasteiger partial charge in [0, 0.05) is 6.42 Å². The van der Waals surface area contributed by atoms with Crippen LogP contribution in [-0.4, -0.2) is 80.3 Å². The van der Waals surface area contributed by atoms with E-state index in [-0.39, 0.29) is 12.2 Å². The number of ketones is 1. The molecule has 0 saturated carbocycles. The third-order valence-electron chi connectivity index (χ3n) is 4.29. The van der Waals surface area contributed by atoms with Crippen molar-refractivity contribution < 1.29 is 44.2 Å². The molecule has 0 bridgehead atoms. The highest BCUT2D eigenvalue weighted by Crippen LogP contribution is 2.28. The number of ether oxygens (including phenoxy) is 2. The highest BCUT2D eigenvalue weighted by atomic mass is 16.7. The molecule has 5 N–H and O–H groups in total. The van der Waals surface area contributed by atoms with Crippen LogP contribution in [0.15, 0.2) is 23.0 Å². The summed E-state index contributed by atoms with van der Waals surface area (Å²) in [6, 6.07) is 1.47. The molecule has 1 aromatic heterocycles. The summed E-state index contributed by atoms with van der Waals surface area (Å²) in [5.74, 6) is -0.355. The molecule has 0 spiro atoms. The van der Waals surface area contributed by atoms with Gasteiger partial charge in [0.15, 0.2) is 12.1 Å². The Hall–Kier alpha value is -1.33. The van der Waals surface area contributed by atoms with E-state index in [1.165, 1.54) is 32.4 Å². The molecule has 0 aromatic carbocycles. The molecule has 2 rings (SSSR count). The molecule has 2 heterocycles. The Bertz CT molecular complexity index is 554. The Labute approximate surface area is 144 Å². The third kappa shape index (κ3) is 4.45. The minimum absolute atomic E-state index is 0.260. The van der Waals surface area contributed by atoms with E-state index in [1.54, 1.807) is 0 Å². The Morgan fingerprint density at radius 2 is 1.96 bits per heavy atom. The van der Waals surface area contributed by atoms with Gasteiger partial charge in [-0.05, 0) is 19.9 Å². The fourth-order valence-electron chi connectivity index (χ4n) is 2.51. The minimum Gasteiger partial charge on any atom is -0.472 e. The van der Waals surface area contributed by atoms with Crippen LogP contribution in [0, 0.1) is 0 Å². The van der Waals surface area contributed by atoms with Crippen LogP contribution in [0.3, 0.4) is 0 Å². The second kappa shape index (κ2) is 7.92. The number of rotatable bonds is 7. The number of carbonyl (C=O) groups excluding carboxylic acids is 1.